The second-order valence-corrected chi connectivity index (χ2v) is 4.58. The summed E-state index contributed by atoms with van der Waals surface area (Å²) in [5, 5.41) is 0.869. The molecule has 0 saturated carbocycles. The van der Waals surface area contributed by atoms with Gasteiger partial charge in [0.1, 0.15) is 5.82 Å². The molecule has 100 valence electrons. The lowest BCUT2D eigenvalue weighted by Crippen LogP contribution is -2.13. The van der Waals surface area contributed by atoms with Crippen molar-refractivity contribution in [2.75, 3.05) is 17.7 Å². The summed E-state index contributed by atoms with van der Waals surface area (Å²) in [5.74, 6) is -0.277. The van der Waals surface area contributed by atoms with E-state index in [0.29, 0.717) is 11.4 Å². The van der Waals surface area contributed by atoms with Crippen LogP contribution < -0.4 is 10.6 Å². The highest BCUT2D eigenvalue weighted by Crippen LogP contribution is 2.34. The SMILES string of the molecule is CN(c1ccccc1F)c1ccc2ncccc2c1N. The minimum atomic E-state index is -0.277. The Bertz CT molecular complexity index is 771. The van der Waals surface area contributed by atoms with E-state index in [9.17, 15) is 4.39 Å². The smallest absolute Gasteiger partial charge is 0.146 e. The Morgan fingerprint density at radius 1 is 1.00 bits per heavy atom. The van der Waals surface area contributed by atoms with E-state index in [-0.39, 0.29) is 5.82 Å². The Morgan fingerprint density at radius 2 is 1.80 bits per heavy atom. The van der Waals surface area contributed by atoms with Crippen LogP contribution in [-0.4, -0.2) is 12.0 Å². The van der Waals surface area contributed by atoms with E-state index in [4.69, 9.17) is 5.73 Å². The summed E-state index contributed by atoms with van der Waals surface area (Å²) in [7, 11) is 1.80. The molecule has 0 aliphatic carbocycles. The van der Waals surface area contributed by atoms with Crippen LogP contribution in [0, 0.1) is 5.82 Å². The number of hydrogen-bond donors (Lipinski definition) is 1. The molecule has 0 saturated heterocycles. The molecule has 0 aliphatic heterocycles. The van der Waals surface area contributed by atoms with Gasteiger partial charge >= 0.3 is 0 Å². The molecule has 0 bridgehead atoms. The number of aromatic nitrogens is 1. The number of nitrogens with two attached hydrogens (primary N) is 1. The van der Waals surface area contributed by atoms with Crippen molar-refractivity contribution in [3.63, 3.8) is 0 Å². The first kappa shape index (κ1) is 12.4. The highest BCUT2D eigenvalue weighted by molar-refractivity contribution is 5.98. The number of para-hydroxylation sites is 1. The van der Waals surface area contributed by atoms with Gasteiger partial charge in [0.05, 0.1) is 22.6 Å². The van der Waals surface area contributed by atoms with Crippen LogP contribution in [0.25, 0.3) is 10.9 Å². The summed E-state index contributed by atoms with van der Waals surface area (Å²) in [6.07, 6.45) is 1.72. The highest BCUT2D eigenvalue weighted by atomic mass is 19.1. The molecule has 0 amide bonds. The highest BCUT2D eigenvalue weighted by Gasteiger charge is 2.13. The number of nitrogens with zero attached hydrogens (tertiary/aromatic N) is 2. The molecule has 2 N–H and O–H groups in total. The normalized spacial score (nSPS) is 10.7. The molecule has 3 aromatic rings. The van der Waals surface area contributed by atoms with Crippen LogP contribution in [0.1, 0.15) is 0 Å². The first-order valence-electron chi connectivity index (χ1n) is 6.30. The molecule has 2 aromatic carbocycles. The Balaban J connectivity index is 2.15. The van der Waals surface area contributed by atoms with Crippen molar-refractivity contribution in [3.05, 3.63) is 60.5 Å². The molecule has 0 unspecified atom stereocenters. The van der Waals surface area contributed by atoms with Gasteiger partial charge in [-0.2, -0.15) is 0 Å². The first-order valence-corrected chi connectivity index (χ1v) is 6.30. The standard InChI is InChI=1S/C16H14FN3/c1-20(14-7-3-2-6-12(14)17)15-9-8-13-11(16(15)18)5-4-10-19-13/h2-10H,18H2,1H3. The number of hydrogen-bond acceptors (Lipinski definition) is 3. The molecular formula is C16H14FN3. The minimum absolute atomic E-state index is 0.277. The molecule has 1 aromatic heterocycles. The van der Waals surface area contributed by atoms with Gasteiger partial charge in [-0.05, 0) is 36.4 Å². The second kappa shape index (κ2) is 4.81. The molecule has 0 aliphatic rings. The van der Waals surface area contributed by atoms with Crippen molar-refractivity contribution in [1.29, 1.82) is 0 Å². The number of nitrogen functional groups attached to an aromatic ring is 1. The van der Waals surface area contributed by atoms with Crippen LogP contribution in [0.3, 0.4) is 0 Å². The third-order valence-electron chi connectivity index (χ3n) is 3.38. The van der Waals surface area contributed by atoms with Gasteiger partial charge in [-0.3, -0.25) is 4.98 Å². The lowest BCUT2D eigenvalue weighted by Gasteiger charge is -2.22. The van der Waals surface area contributed by atoms with Crippen LogP contribution in [0.4, 0.5) is 21.5 Å². The quantitative estimate of drug-likeness (QED) is 0.719. The van der Waals surface area contributed by atoms with E-state index in [1.54, 1.807) is 36.3 Å². The fraction of sp³-hybridized carbons (Fsp3) is 0.0625. The van der Waals surface area contributed by atoms with Gasteiger partial charge in [-0.15, -0.1) is 0 Å². The Morgan fingerprint density at radius 3 is 2.60 bits per heavy atom. The third kappa shape index (κ3) is 1.95. The van der Waals surface area contributed by atoms with Crippen LogP contribution in [0.2, 0.25) is 0 Å². The number of benzene rings is 2. The Labute approximate surface area is 116 Å². The largest absolute Gasteiger partial charge is 0.396 e. The monoisotopic (exact) mass is 267 g/mol. The zero-order valence-electron chi connectivity index (χ0n) is 11.0. The number of pyridine rings is 1. The van der Waals surface area contributed by atoms with Gasteiger partial charge in [0.15, 0.2) is 0 Å². The summed E-state index contributed by atoms with van der Waals surface area (Å²) >= 11 is 0. The van der Waals surface area contributed by atoms with Crippen molar-refractivity contribution in [3.8, 4) is 0 Å². The molecule has 20 heavy (non-hydrogen) atoms. The van der Waals surface area contributed by atoms with Gasteiger partial charge in [-0.1, -0.05) is 12.1 Å². The maximum atomic E-state index is 13.9. The zero-order valence-corrected chi connectivity index (χ0v) is 11.0. The van der Waals surface area contributed by atoms with Gasteiger partial charge in [0.2, 0.25) is 0 Å². The van der Waals surface area contributed by atoms with Crippen LogP contribution >= 0.6 is 0 Å². The zero-order chi connectivity index (χ0) is 14.1. The van der Waals surface area contributed by atoms with E-state index < -0.39 is 0 Å². The van der Waals surface area contributed by atoms with Crippen molar-refractivity contribution in [1.82, 2.24) is 4.98 Å². The molecule has 3 rings (SSSR count). The molecular weight excluding hydrogens is 253 g/mol. The van der Waals surface area contributed by atoms with Gasteiger partial charge in [0, 0.05) is 18.6 Å². The summed E-state index contributed by atoms with van der Waals surface area (Å²) in [6.45, 7) is 0. The minimum Gasteiger partial charge on any atom is -0.396 e. The van der Waals surface area contributed by atoms with E-state index >= 15 is 0 Å². The average molecular weight is 267 g/mol. The fourth-order valence-electron chi connectivity index (χ4n) is 2.31. The van der Waals surface area contributed by atoms with Crippen molar-refractivity contribution in [2.24, 2.45) is 0 Å². The number of fused-ring (bicyclic) bond motifs is 1. The van der Waals surface area contributed by atoms with Crippen molar-refractivity contribution in [2.45, 2.75) is 0 Å². The predicted molar refractivity (Wildman–Crippen MR) is 80.6 cm³/mol. The Hall–Kier alpha value is -2.62. The summed E-state index contributed by atoms with van der Waals surface area (Å²) in [6, 6.07) is 14.1. The fourth-order valence-corrected chi connectivity index (χ4v) is 2.31. The summed E-state index contributed by atoms with van der Waals surface area (Å²) in [4.78, 5) is 6.01. The molecule has 0 fully saturated rings. The molecule has 0 radical (unpaired) electrons. The van der Waals surface area contributed by atoms with Crippen molar-refractivity contribution >= 4 is 28.0 Å². The topological polar surface area (TPSA) is 42.2 Å². The van der Waals surface area contributed by atoms with E-state index in [1.165, 1.54) is 6.07 Å². The van der Waals surface area contributed by atoms with Crippen molar-refractivity contribution < 1.29 is 4.39 Å². The summed E-state index contributed by atoms with van der Waals surface area (Å²) in [5.41, 5.74) is 8.88. The number of halogens is 1. The van der Waals surface area contributed by atoms with E-state index in [0.717, 1.165) is 16.6 Å². The van der Waals surface area contributed by atoms with Gasteiger partial charge in [-0.25, -0.2) is 4.39 Å². The number of anilines is 3. The molecule has 4 heteroatoms. The van der Waals surface area contributed by atoms with E-state index in [2.05, 4.69) is 4.98 Å². The van der Waals surface area contributed by atoms with Crippen LogP contribution in [-0.2, 0) is 0 Å². The maximum absolute atomic E-state index is 13.9. The summed E-state index contributed by atoms with van der Waals surface area (Å²) < 4.78 is 13.9. The van der Waals surface area contributed by atoms with Gasteiger partial charge < -0.3 is 10.6 Å². The molecule has 0 spiro atoms. The van der Waals surface area contributed by atoms with Crippen LogP contribution in [0.5, 0.6) is 0 Å². The molecule has 0 atom stereocenters. The first-order chi connectivity index (χ1) is 9.68. The lowest BCUT2D eigenvalue weighted by atomic mass is 10.1. The lowest BCUT2D eigenvalue weighted by molar-refractivity contribution is 0.627. The van der Waals surface area contributed by atoms with Crippen LogP contribution in [0.15, 0.2) is 54.7 Å². The van der Waals surface area contributed by atoms with Gasteiger partial charge in [0.25, 0.3) is 0 Å². The second-order valence-electron chi connectivity index (χ2n) is 4.58. The Kier molecular flexibility index (Phi) is 2.99. The third-order valence-corrected chi connectivity index (χ3v) is 3.38. The average Bonchev–Trinajstić information content (AvgIpc) is 2.48. The molecule has 3 nitrogen and oxygen atoms in total. The maximum Gasteiger partial charge on any atom is 0.146 e. The predicted octanol–water partition coefficient (Wildman–Crippen LogP) is 3.72. The molecule has 1 heterocycles. The van der Waals surface area contributed by atoms with E-state index in [1.807, 2.05) is 24.3 Å². The number of rotatable bonds is 2.